The summed E-state index contributed by atoms with van der Waals surface area (Å²) in [6.45, 7) is 2.23. The number of fused-ring (bicyclic) bond motifs is 12. The molecule has 0 atom stereocenters. The quantitative estimate of drug-likeness (QED) is 0.151. The molecule has 0 spiro atoms. The average Bonchev–Trinajstić information content (AvgIpc) is 4.17. The first-order chi connectivity index (χ1) is 35.2. The highest BCUT2D eigenvalue weighted by molar-refractivity contribution is 6.32. The second-order valence-corrected chi connectivity index (χ2v) is 18.9. The number of hydrogen-bond donors (Lipinski definition) is 0. The maximum atomic E-state index is 2.55. The van der Waals surface area contributed by atoms with Gasteiger partial charge in [0.05, 0.1) is 44.5 Å². The van der Waals surface area contributed by atoms with Crippen LogP contribution in [0.1, 0.15) is 5.56 Å². The second kappa shape index (κ2) is 15.3. The Morgan fingerprint density at radius 1 is 0.268 bits per heavy atom. The molecule has 0 aliphatic carbocycles. The van der Waals surface area contributed by atoms with E-state index in [1.165, 1.54) is 104 Å². The smallest absolute Gasteiger partial charge is 0.0641 e. The van der Waals surface area contributed by atoms with E-state index in [-0.39, 0.29) is 0 Å². The molecule has 0 bridgehead atoms. The van der Waals surface area contributed by atoms with Crippen molar-refractivity contribution in [3.8, 4) is 22.3 Å². The molecular formula is C67H44N4. The zero-order chi connectivity index (χ0) is 46.7. The van der Waals surface area contributed by atoms with Gasteiger partial charge in [-0.1, -0.05) is 170 Å². The molecule has 4 aromatic heterocycles. The molecule has 0 radical (unpaired) electrons. The minimum atomic E-state index is 1.11. The fraction of sp³-hybridized carbons (Fsp3) is 0.0149. The van der Waals surface area contributed by atoms with Crippen LogP contribution in [-0.4, -0.2) is 8.80 Å². The van der Waals surface area contributed by atoms with E-state index in [1.54, 1.807) is 0 Å². The lowest BCUT2D eigenvalue weighted by atomic mass is 10.00. The minimum absolute atomic E-state index is 1.11. The Morgan fingerprint density at radius 2 is 0.704 bits per heavy atom. The average molecular weight is 905 g/mol. The van der Waals surface area contributed by atoms with Gasteiger partial charge >= 0.3 is 0 Å². The summed E-state index contributed by atoms with van der Waals surface area (Å²) in [5, 5.41) is 9.96. The number of nitrogens with zero attached hydrogens (tertiary/aromatic N) is 4. The van der Waals surface area contributed by atoms with Crippen LogP contribution in [0.2, 0.25) is 0 Å². The molecule has 0 fully saturated rings. The predicted molar refractivity (Wildman–Crippen MR) is 301 cm³/mol. The molecule has 0 saturated heterocycles. The lowest BCUT2D eigenvalue weighted by Gasteiger charge is -2.28. The molecule has 0 aliphatic heterocycles. The fourth-order valence-corrected chi connectivity index (χ4v) is 11.9. The topological polar surface area (TPSA) is 15.3 Å². The Labute approximate surface area is 410 Å². The molecule has 11 aromatic carbocycles. The molecule has 15 aromatic rings. The first-order valence-electron chi connectivity index (χ1n) is 24.5. The SMILES string of the molecule is Cc1ccc(-c2ccccc2)cc1N(c1ccccc1)c1ccc2c3cc4c(cc3n3c5ccccc5c1c23)c1ccc(N(c2ccccc2)c2cccc(-c3ccccc3)c2)c2c3ccccc3n4c12. The number of para-hydroxylation sites is 4. The second-order valence-electron chi connectivity index (χ2n) is 18.9. The van der Waals surface area contributed by atoms with Crippen LogP contribution in [0.3, 0.4) is 0 Å². The third-order valence-electron chi connectivity index (χ3n) is 15.0. The van der Waals surface area contributed by atoms with Crippen LogP contribution in [0.15, 0.2) is 249 Å². The number of aryl methyl sites for hydroxylation is 1. The first-order valence-corrected chi connectivity index (χ1v) is 24.5. The van der Waals surface area contributed by atoms with E-state index in [9.17, 15) is 0 Å². The van der Waals surface area contributed by atoms with Crippen molar-refractivity contribution in [1.82, 2.24) is 8.80 Å². The highest BCUT2D eigenvalue weighted by Crippen LogP contribution is 2.52. The summed E-state index contributed by atoms with van der Waals surface area (Å²) in [7, 11) is 0. The van der Waals surface area contributed by atoms with E-state index in [4.69, 9.17) is 0 Å². The zero-order valence-electron chi connectivity index (χ0n) is 39.0. The van der Waals surface area contributed by atoms with Gasteiger partial charge in [-0.15, -0.1) is 0 Å². The summed E-state index contributed by atoms with van der Waals surface area (Å²) < 4.78 is 5.09. The van der Waals surface area contributed by atoms with Gasteiger partial charge in [0.2, 0.25) is 0 Å². The van der Waals surface area contributed by atoms with Crippen molar-refractivity contribution in [2.45, 2.75) is 6.92 Å². The van der Waals surface area contributed by atoms with E-state index in [0.29, 0.717) is 0 Å². The van der Waals surface area contributed by atoms with Crippen LogP contribution in [0.25, 0.3) is 98.4 Å². The van der Waals surface area contributed by atoms with Gasteiger partial charge in [-0.05, 0) is 114 Å². The molecule has 0 N–H and O–H groups in total. The predicted octanol–water partition coefficient (Wildman–Crippen LogP) is 18.6. The summed E-state index contributed by atoms with van der Waals surface area (Å²) in [5.41, 5.74) is 20.1. The van der Waals surface area contributed by atoms with Crippen molar-refractivity contribution in [2.75, 3.05) is 9.80 Å². The summed E-state index contributed by atoms with van der Waals surface area (Å²) in [6, 6.07) is 91.3. The van der Waals surface area contributed by atoms with E-state index in [2.05, 4.69) is 274 Å². The molecular weight excluding hydrogens is 861 g/mol. The molecule has 15 rings (SSSR count). The van der Waals surface area contributed by atoms with Gasteiger partial charge in [-0.3, -0.25) is 0 Å². The van der Waals surface area contributed by atoms with Gasteiger partial charge < -0.3 is 18.6 Å². The maximum absolute atomic E-state index is 2.55. The van der Waals surface area contributed by atoms with Crippen molar-refractivity contribution >= 4 is 110 Å². The number of hydrogen-bond acceptors (Lipinski definition) is 2. The lowest BCUT2D eigenvalue weighted by molar-refractivity contribution is 1.26. The Kier molecular flexibility index (Phi) is 8.54. The van der Waals surface area contributed by atoms with Crippen LogP contribution in [-0.2, 0) is 0 Å². The minimum Gasteiger partial charge on any atom is -0.310 e. The van der Waals surface area contributed by atoms with Gasteiger partial charge in [0.25, 0.3) is 0 Å². The molecule has 4 nitrogen and oxygen atoms in total. The fourth-order valence-electron chi connectivity index (χ4n) is 11.9. The number of rotatable bonds is 8. The van der Waals surface area contributed by atoms with Gasteiger partial charge in [-0.2, -0.15) is 0 Å². The summed E-state index contributed by atoms with van der Waals surface area (Å²) >= 11 is 0. The first kappa shape index (κ1) is 39.6. The van der Waals surface area contributed by atoms with Crippen molar-refractivity contribution in [3.63, 3.8) is 0 Å². The monoisotopic (exact) mass is 904 g/mol. The van der Waals surface area contributed by atoms with Gasteiger partial charge in [0.15, 0.2) is 0 Å². The van der Waals surface area contributed by atoms with Crippen LogP contribution in [0, 0.1) is 6.92 Å². The van der Waals surface area contributed by atoms with Crippen LogP contribution >= 0.6 is 0 Å². The van der Waals surface area contributed by atoms with E-state index >= 15 is 0 Å². The summed E-state index contributed by atoms with van der Waals surface area (Å²) in [4.78, 5) is 4.92. The summed E-state index contributed by atoms with van der Waals surface area (Å²) in [6.07, 6.45) is 0. The van der Waals surface area contributed by atoms with Crippen molar-refractivity contribution < 1.29 is 0 Å². The Hall–Kier alpha value is -9.38. The van der Waals surface area contributed by atoms with Gasteiger partial charge in [0, 0.05) is 65.8 Å². The Balaban J connectivity index is 0.995. The third kappa shape index (κ3) is 5.79. The maximum Gasteiger partial charge on any atom is 0.0641 e. The van der Waals surface area contributed by atoms with Crippen molar-refractivity contribution in [2.24, 2.45) is 0 Å². The van der Waals surface area contributed by atoms with Gasteiger partial charge in [-0.25, -0.2) is 0 Å². The van der Waals surface area contributed by atoms with E-state index in [0.717, 1.165) is 34.1 Å². The zero-order valence-corrected chi connectivity index (χ0v) is 39.0. The normalized spacial score (nSPS) is 12.0. The van der Waals surface area contributed by atoms with Crippen LogP contribution in [0.4, 0.5) is 34.1 Å². The standard InChI is InChI=1S/C67H44N4/c1-43-33-34-47(45-21-8-3-9-22-45)40-61(43)69(49-26-12-5-13-27-49)60-38-36-52-56-42-62-55(41-63(56)71-58-32-17-15-30-54(58)65(60)67(52)71)51-35-37-59(64-53-29-14-16-31-57(53)70(62)66(51)64)68(48-24-10-4-11-25-48)50-28-18-23-46(39-50)44-19-6-2-7-20-44/h2-42H,1H3. The molecule has 0 saturated carbocycles. The molecule has 0 amide bonds. The van der Waals surface area contributed by atoms with E-state index < -0.39 is 0 Å². The lowest BCUT2D eigenvalue weighted by Crippen LogP contribution is -2.12. The molecule has 71 heavy (non-hydrogen) atoms. The van der Waals surface area contributed by atoms with Crippen LogP contribution in [0.5, 0.6) is 0 Å². The third-order valence-corrected chi connectivity index (χ3v) is 15.0. The van der Waals surface area contributed by atoms with Gasteiger partial charge in [0.1, 0.15) is 0 Å². The molecule has 4 heterocycles. The Morgan fingerprint density at radius 3 is 1.25 bits per heavy atom. The molecule has 0 unspecified atom stereocenters. The van der Waals surface area contributed by atoms with Crippen molar-refractivity contribution in [1.29, 1.82) is 0 Å². The Bertz CT molecular complexity index is 4520. The van der Waals surface area contributed by atoms with Crippen LogP contribution < -0.4 is 9.80 Å². The molecule has 0 aliphatic rings. The number of aromatic nitrogens is 2. The number of benzene rings is 11. The number of anilines is 6. The van der Waals surface area contributed by atoms with E-state index in [1.807, 2.05) is 0 Å². The highest BCUT2D eigenvalue weighted by Gasteiger charge is 2.28. The highest BCUT2D eigenvalue weighted by atomic mass is 15.2. The van der Waals surface area contributed by atoms with Crippen molar-refractivity contribution in [3.05, 3.63) is 254 Å². The molecule has 332 valence electrons. The molecule has 4 heteroatoms. The summed E-state index contributed by atoms with van der Waals surface area (Å²) in [5.74, 6) is 0. The largest absolute Gasteiger partial charge is 0.310 e.